The van der Waals surface area contributed by atoms with E-state index in [1.54, 1.807) is 18.6 Å². The molecule has 2 aliphatic rings. The van der Waals surface area contributed by atoms with Gasteiger partial charge < -0.3 is 4.57 Å². The highest BCUT2D eigenvalue weighted by atomic mass is 32.2. The van der Waals surface area contributed by atoms with Gasteiger partial charge in [0.05, 0.1) is 17.3 Å². The van der Waals surface area contributed by atoms with Gasteiger partial charge >= 0.3 is 0 Å². The Kier molecular flexibility index (Phi) is 4.90. The summed E-state index contributed by atoms with van der Waals surface area (Å²) in [6.45, 7) is 2.45. The van der Waals surface area contributed by atoms with Gasteiger partial charge in [0.15, 0.2) is 0 Å². The molecule has 3 aromatic rings. The van der Waals surface area contributed by atoms with Crippen molar-refractivity contribution in [2.75, 3.05) is 6.54 Å². The molecule has 0 radical (unpaired) electrons. The highest BCUT2D eigenvalue weighted by Gasteiger charge is 2.31. The number of halogens is 1. The van der Waals surface area contributed by atoms with Gasteiger partial charge in [-0.1, -0.05) is 0 Å². The molecule has 5 rings (SSSR count). The molecule has 6 nitrogen and oxygen atoms in total. The first kappa shape index (κ1) is 20.6. The molecule has 1 fully saturated rings. The number of alkyl halides is 1. The number of benzene rings is 1. The number of hydrogen-bond acceptors (Lipinski definition) is 4. The summed E-state index contributed by atoms with van der Waals surface area (Å²) in [6, 6.07) is 3.75. The van der Waals surface area contributed by atoms with E-state index in [1.807, 2.05) is 23.0 Å². The van der Waals surface area contributed by atoms with Crippen LogP contribution < -0.4 is 4.72 Å². The molecule has 1 N–H and O–H groups in total. The lowest BCUT2D eigenvalue weighted by Gasteiger charge is -2.29. The fourth-order valence-electron chi connectivity index (χ4n) is 4.51. The number of pyridine rings is 1. The van der Waals surface area contributed by atoms with Gasteiger partial charge in [0.1, 0.15) is 5.67 Å². The van der Waals surface area contributed by atoms with Crippen LogP contribution in [0.5, 0.6) is 0 Å². The van der Waals surface area contributed by atoms with Gasteiger partial charge in [0, 0.05) is 47.5 Å². The van der Waals surface area contributed by atoms with Gasteiger partial charge in [0.25, 0.3) is 0 Å². The second-order valence-electron chi connectivity index (χ2n) is 9.33. The first-order valence-corrected chi connectivity index (χ1v) is 12.3. The van der Waals surface area contributed by atoms with E-state index in [2.05, 4.69) is 14.7 Å². The smallest absolute Gasteiger partial charge is 0.241 e. The molecule has 0 aliphatic heterocycles. The Morgan fingerprint density at radius 2 is 2.03 bits per heavy atom. The van der Waals surface area contributed by atoms with E-state index >= 15 is 0 Å². The molecule has 2 heterocycles. The number of hydrogen-bond donors (Lipinski definition) is 1. The minimum absolute atomic E-state index is 0.0188. The van der Waals surface area contributed by atoms with Crippen LogP contribution in [0.3, 0.4) is 0 Å². The van der Waals surface area contributed by atoms with Crippen LogP contribution in [0.25, 0.3) is 10.8 Å². The third kappa shape index (κ3) is 3.99. The normalized spacial score (nSPS) is 19.5. The lowest BCUT2D eigenvalue weighted by atomic mass is 9.84. The highest BCUT2D eigenvalue weighted by Crippen LogP contribution is 2.43. The van der Waals surface area contributed by atoms with Gasteiger partial charge in [0.2, 0.25) is 10.0 Å². The SMILES string of the molecule is CC(C)(F)CNS(=O)(=O)c1cc2c(c3cnc(C4CC4)cc13)CCCC2n1ccnc1. The molecule has 164 valence electrons. The average molecular weight is 443 g/mol. The molecule has 0 amide bonds. The molecule has 1 saturated carbocycles. The maximum Gasteiger partial charge on any atom is 0.241 e. The Balaban J connectivity index is 1.71. The Hall–Kier alpha value is -2.32. The quantitative estimate of drug-likeness (QED) is 0.619. The molecular weight excluding hydrogens is 415 g/mol. The Bertz CT molecular complexity index is 1230. The molecule has 31 heavy (non-hydrogen) atoms. The largest absolute Gasteiger partial charge is 0.330 e. The van der Waals surface area contributed by atoms with Crippen molar-refractivity contribution in [3.05, 3.63) is 53.9 Å². The van der Waals surface area contributed by atoms with Gasteiger partial charge in [-0.3, -0.25) is 4.98 Å². The number of nitrogens with zero attached hydrogens (tertiary/aromatic N) is 3. The van der Waals surface area contributed by atoms with Crippen LogP contribution in [-0.2, 0) is 16.4 Å². The topological polar surface area (TPSA) is 76.9 Å². The average Bonchev–Trinajstić information content (AvgIpc) is 3.44. The summed E-state index contributed by atoms with van der Waals surface area (Å²) >= 11 is 0. The van der Waals surface area contributed by atoms with Crippen molar-refractivity contribution in [1.29, 1.82) is 0 Å². The van der Waals surface area contributed by atoms with E-state index in [0.717, 1.165) is 54.3 Å². The van der Waals surface area contributed by atoms with E-state index in [0.29, 0.717) is 11.3 Å². The minimum Gasteiger partial charge on any atom is -0.330 e. The number of aryl methyl sites for hydroxylation is 1. The van der Waals surface area contributed by atoms with Crippen LogP contribution in [0, 0.1) is 0 Å². The van der Waals surface area contributed by atoms with Gasteiger partial charge in [-0.2, -0.15) is 0 Å². The fraction of sp³-hybridized carbons (Fsp3) is 0.478. The number of rotatable bonds is 6. The number of fused-ring (bicyclic) bond motifs is 3. The summed E-state index contributed by atoms with van der Waals surface area (Å²) < 4.78 is 45.3. The van der Waals surface area contributed by atoms with E-state index in [1.165, 1.54) is 13.8 Å². The zero-order valence-corrected chi connectivity index (χ0v) is 18.6. The first-order chi connectivity index (χ1) is 14.7. The Morgan fingerprint density at radius 3 is 2.71 bits per heavy atom. The molecule has 1 atom stereocenters. The van der Waals surface area contributed by atoms with Crippen molar-refractivity contribution in [1.82, 2.24) is 19.3 Å². The van der Waals surface area contributed by atoms with Crippen molar-refractivity contribution < 1.29 is 12.8 Å². The number of nitrogens with one attached hydrogen (secondary N) is 1. The second-order valence-corrected chi connectivity index (χ2v) is 11.1. The summed E-state index contributed by atoms with van der Waals surface area (Å²) in [7, 11) is -3.91. The van der Waals surface area contributed by atoms with Crippen LogP contribution in [0.2, 0.25) is 0 Å². The highest BCUT2D eigenvalue weighted by molar-refractivity contribution is 7.89. The fourth-order valence-corrected chi connectivity index (χ4v) is 5.94. The van der Waals surface area contributed by atoms with Gasteiger partial charge in [-0.15, -0.1) is 0 Å². The standard InChI is InChI=1S/C23H27FN4O2S/c1-23(2,24)13-27-31(29,30)22-11-17-16(4-3-5-21(17)28-9-8-25-14-28)19-12-26-20(10-18(19)22)15-6-7-15/h8-12,14-15,21,27H,3-7,13H2,1-2H3. The Labute approximate surface area is 182 Å². The van der Waals surface area contributed by atoms with Crippen molar-refractivity contribution in [3.63, 3.8) is 0 Å². The van der Waals surface area contributed by atoms with E-state index < -0.39 is 15.7 Å². The van der Waals surface area contributed by atoms with Crippen molar-refractivity contribution in [3.8, 4) is 0 Å². The summed E-state index contributed by atoms with van der Waals surface area (Å²) in [5.41, 5.74) is 1.44. The van der Waals surface area contributed by atoms with Gasteiger partial charge in [-0.25, -0.2) is 22.5 Å². The minimum atomic E-state index is -3.91. The van der Waals surface area contributed by atoms with Crippen molar-refractivity contribution in [2.24, 2.45) is 0 Å². The number of imidazole rings is 1. The molecule has 2 aromatic heterocycles. The predicted molar refractivity (Wildman–Crippen MR) is 117 cm³/mol. The molecule has 1 aromatic carbocycles. The summed E-state index contributed by atoms with van der Waals surface area (Å²) in [4.78, 5) is 9.07. The number of aromatic nitrogens is 3. The zero-order valence-electron chi connectivity index (χ0n) is 17.8. The summed E-state index contributed by atoms with van der Waals surface area (Å²) in [6.07, 6.45) is 12.2. The molecule has 2 aliphatic carbocycles. The molecule has 0 saturated heterocycles. The number of sulfonamides is 1. The Morgan fingerprint density at radius 1 is 1.23 bits per heavy atom. The molecular formula is C23H27FN4O2S. The predicted octanol–water partition coefficient (Wildman–Crippen LogP) is 4.26. The zero-order chi connectivity index (χ0) is 21.8. The third-order valence-electron chi connectivity index (χ3n) is 6.27. The lowest BCUT2D eigenvalue weighted by molar-refractivity contribution is 0.221. The maximum atomic E-state index is 14.1. The molecule has 0 spiro atoms. The van der Waals surface area contributed by atoms with E-state index in [-0.39, 0.29) is 17.5 Å². The summed E-state index contributed by atoms with van der Waals surface area (Å²) in [5.74, 6) is 0.410. The van der Waals surface area contributed by atoms with E-state index in [4.69, 9.17) is 0 Å². The van der Waals surface area contributed by atoms with Crippen molar-refractivity contribution in [2.45, 2.75) is 68.5 Å². The monoisotopic (exact) mass is 442 g/mol. The second kappa shape index (κ2) is 7.38. The molecule has 8 heteroatoms. The van der Waals surface area contributed by atoms with Crippen LogP contribution in [0.4, 0.5) is 4.39 Å². The molecule has 0 bridgehead atoms. The summed E-state index contributed by atoms with van der Waals surface area (Å²) in [5, 5.41) is 1.57. The van der Waals surface area contributed by atoms with Crippen LogP contribution in [0.15, 0.2) is 41.9 Å². The molecule has 1 unspecified atom stereocenters. The van der Waals surface area contributed by atoms with Crippen molar-refractivity contribution >= 4 is 20.8 Å². The van der Waals surface area contributed by atoms with Gasteiger partial charge in [-0.05, 0) is 69.2 Å². The van der Waals surface area contributed by atoms with Crippen LogP contribution in [0.1, 0.15) is 68.3 Å². The third-order valence-corrected chi connectivity index (χ3v) is 7.71. The van der Waals surface area contributed by atoms with Crippen LogP contribution in [-0.4, -0.2) is 35.2 Å². The maximum absolute atomic E-state index is 14.1. The van der Waals surface area contributed by atoms with Crippen LogP contribution >= 0.6 is 0 Å². The first-order valence-electron chi connectivity index (χ1n) is 10.8. The lowest BCUT2D eigenvalue weighted by Crippen LogP contribution is -2.35. The van der Waals surface area contributed by atoms with E-state index in [9.17, 15) is 12.8 Å².